The van der Waals surface area contributed by atoms with Gasteiger partial charge in [-0.1, -0.05) is 60.1 Å². The minimum Gasteiger partial charge on any atom is -0.389 e. The van der Waals surface area contributed by atoms with Gasteiger partial charge in [0.2, 0.25) is 0 Å². The van der Waals surface area contributed by atoms with Crippen molar-refractivity contribution in [3.05, 3.63) is 12.2 Å². The minimum absolute atomic E-state index is 0.161. The van der Waals surface area contributed by atoms with Gasteiger partial charge in [0.25, 0.3) is 0 Å². The number of rotatable bonds is 3. The van der Waals surface area contributed by atoms with Crippen LogP contribution in [-0.2, 0) is 0 Å². The molecule has 0 spiro atoms. The Morgan fingerprint density at radius 1 is 1.11 bits per heavy atom. The predicted molar refractivity (Wildman–Crippen MR) is 79.4 cm³/mol. The Kier molecular flexibility index (Phi) is 5.46. The highest BCUT2D eigenvalue weighted by molar-refractivity contribution is 5.00. The molecule has 1 rings (SSSR count). The standard InChI is InChI=1S/C17H32O/c1-12(2)14-8-7-13(3)11-15(14)16(18)9-10-17(4,5)6/h9-10,12-16,18H,7-8,11H2,1-6H3/b10-9+/t13-,14+,15-,16+/m1/s1. The molecule has 1 fully saturated rings. The first-order chi connectivity index (χ1) is 8.20. The molecule has 18 heavy (non-hydrogen) atoms. The molecular formula is C17H32O. The third kappa shape index (κ3) is 4.76. The molecule has 1 heteroatoms. The molecule has 0 aromatic carbocycles. The lowest BCUT2D eigenvalue weighted by atomic mass is 9.68. The van der Waals surface area contributed by atoms with Gasteiger partial charge in [0.1, 0.15) is 0 Å². The predicted octanol–water partition coefficient (Wildman–Crippen LogP) is 4.66. The Balaban J connectivity index is 2.72. The Hall–Kier alpha value is -0.300. The average molecular weight is 252 g/mol. The fraction of sp³-hybridized carbons (Fsp3) is 0.882. The Morgan fingerprint density at radius 2 is 1.72 bits per heavy atom. The van der Waals surface area contributed by atoms with Crippen LogP contribution >= 0.6 is 0 Å². The Morgan fingerprint density at radius 3 is 2.22 bits per heavy atom. The first-order valence-electron chi connectivity index (χ1n) is 7.58. The Bertz CT molecular complexity index is 272. The molecule has 0 radical (unpaired) electrons. The number of aliphatic hydroxyl groups excluding tert-OH is 1. The van der Waals surface area contributed by atoms with Crippen molar-refractivity contribution in [1.29, 1.82) is 0 Å². The monoisotopic (exact) mass is 252 g/mol. The highest BCUT2D eigenvalue weighted by Crippen LogP contribution is 2.40. The van der Waals surface area contributed by atoms with Crippen LogP contribution in [0.3, 0.4) is 0 Å². The highest BCUT2D eigenvalue weighted by atomic mass is 16.3. The molecule has 1 nitrogen and oxygen atoms in total. The van der Waals surface area contributed by atoms with E-state index in [2.05, 4.69) is 47.6 Å². The molecule has 4 atom stereocenters. The van der Waals surface area contributed by atoms with Crippen molar-refractivity contribution in [3.8, 4) is 0 Å². The van der Waals surface area contributed by atoms with Crippen LogP contribution in [0.2, 0.25) is 0 Å². The molecule has 0 aliphatic heterocycles. The van der Waals surface area contributed by atoms with Gasteiger partial charge in [0.05, 0.1) is 6.10 Å². The molecule has 0 bridgehead atoms. The second-order valence-electron chi connectivity index (χ2n) is 7.71. The minimum atomic E-state index is -0.264. The lowest BCUT2D eigenvalue weighted by molar-refractivity contribution is 0.0422. The summed E-state index contributed by atoms with van der Waals surface area (Å²) in [5, 5.41) is 10.5. The zero-order chi connectivity index (χ0) is 13.9. The van der Waals surface area contributed by atoms with Gasteiger partial charge in [-0.25, -0.2) is 0 Å². The molecule has 0 aromatic heterocycles. The van der Waals surface area contributed by atoms with Crippen molar-refractivity contribution in [2.24, 2.45) is 29.1 Å². The van der Waals surface area contributed by atoms with E-state index in [0.717, 1.165) is 5.92 Å². The second-order valence-corrected chi connectivity index (χ2v) is 7.71. The number of hydrogen-bond donors (Lipinski definition) is 1. The van der Waals surface area contributed by atoms with Crippen LogP contribution in [0.1, 0.15) is 60.8 Å². The maximum Gasteiger partial charge on any atom is 0.0752 e. The maximum absolute atomic E-state index is 10.5. The average Bonchev–Trinajstić information content (AvgIpc) is 2.24. The number of aliphatic hydroxyl groups is 1. The van der Waals surface area contributed by atoms with Gasteiger partial charge >= 0.3 is 0 Å². The van der Waals surface area contributed by atoms with Crippen molar-refractivity contribution in [2.75, 3.05) is 0 Å². The van der Waals surface area contributed by atoms with E-state index in [-0.39, 0.29) is 11.5 Å². The zero-order valence-corrected chi connectivity index (χ0v) is 13.1. The van der Waals surface area contributed by atoms with Crippen molar-refractivity contribution in [3.63, 3.8) is 0 Å². The topological polar surface area (TPSA) is 20.2 Å². The fourth-order valence-electron chi connectivity index (χ4n) is 3.20. The molecule has 0 heterocycles. The summed E-state index contributed by atoms with van der Waals surface area (Å²) in [6.45, 7) is 13.5. The maximum atomic E-state index is 10.5. The van der Waals surface area contributed by atoms with E-state index in [1.165, 1.54) is 19.3 Å². The van der Waals surface area contributed by atoms with Crippen LogP contribution < -0.4 is 0 Å². The van der Waals surface area contributed by atoms with Crippen molar-refractivity contribution >= 4 is 0 Å². The summed E-state index contributed by atoms with van der Waals surface area (Å²) in [6.07, 6.45) is 7.73. The number of allylic oxidation sites excluding steroid dienone is 1. The Labute approximate surface area is 114 Å². The van der Waals surface area contributed by atoms with Gasteiger partial charge in [-0.2, -0.15) is 0 Å². The molecule has 0 unspecified atom stereocenters. The van der Waals surface area contributed by atoms with Gasteiger partial charge in [-0.3, -0.25) is 0 Å². The third-order valence-electron chi connectivity index (χ3n) is 4.31. The molecule has 1 aliphatic rings. The summed E-state index contributed by atoms with van der Waals surface area (Å²) >= 11 is 0. The van der Waals surface area contributed by atoms with Crippen molar-refractivity contribution in [2.45, 2.75) is 66.9 Å². The summed E-state index contributed by atoms with van der Waals surface area (Å²) in [4.78, 5) is 0. The van der Waals surface area contributed by atoms with Crippen molar-refractivity contribution in [1.82, 2.24) is 0 Å². The van der Waals surface area contributed by atoms with Crippen LogP contribution in [0.25, 0.3) is 0 Å². The molecule has 106 valence electrons. The van der Waals surface area contributed by atoms with Crippen LogP contribution in [0.15, 0.2) is 12.2 Å². The summed E-state index contributed by atoms with van der Waals surface area (Å²) in [5.74, 6) is 2.58. The molecule has 0 amide bonds. The van der Waals surface area contributed by atoms with E-state index in [0.29, 0.717) is 17.8 Å². The van der Waals surface area contributed by atoms with Gasteiger partial charge < -0.3 is 5.11 Å². The number of hydrogen-bond acceptors (Lipinski definition) is 1. The van der Waals surface area contributed by atoms with E-state index < -0.39 is 0 Å². The van der Waals surface area contributed by atoms with E-state index in [1.807, 2.05) is 6.08 Å². The normalized spacial score (nSPS) is 32.1. The first kappa shape index (κ1) is 15.8. The molecule has 0 saturated heterocycles. The van der Waals surface area contributed by atoms with Crippen LogP contribution in [-0.4, -0.2) is 11.2 Å². The molecular weight excluding hydrogens is 220 g/mol. The van der Waals surface area contributed by atoms with Gasteiger partial charge in [-0.15, -0.1) is 0 Å². The lowest BCUT2D eigenvalue weighted by Crippen LogP contribution is -2.35. The summed E-state index contributed by atoms with van der Waals surface area (Å²) in [5.41, 5.74) is 0.161. The third-order valence-corrected chi connectivity index (χ3v) is 4.31. The summed E-state index contributed by atoms with van der Waals surface area (Å²) < 4.78 is 0. The van der Waals surface area contributed by atoms with E-state index in [1.54, 1.807) is 0 Å². The summed E-state index contributed by atoms with van der Waals surface area (Å²) in [7, 11) is 0. The first-order valence-corrected chi connectivity index (χ1v) is 7.58. The quantitative estimate of drug-likeness (QED) is 0.724. The van der Waals surface area contributed by atoms with Gasteiger partial charge in [-0.05, 0) is 41.9 Å². The highest BCUT2D eigenvalue weighted by Gasteiger charge is 2.34. The van der Waals surface area contributed by atoms with Crippen LogP contribution in [0.4, 0.5) is 0 Å². The zero-order valence-electron chi connectivity index (χ0n) is 13.1. The largest absolute Gasteiger partial charge is 0.389 e. The molecule has 1 N–H and O–H groups in total. The molecule has 0 aromatic rings. The van der Waals surface area contributed by atoms with Gasteiger partial charge in [0.15, 0.2) is 0 Å². The van der Waals surface area contributed by atoms with E-state index in [9.17, 15) is 5.11 Å². The van der Waals surface area contributed by atoms with Gasteiger partial charge in [0, 0.05) is 0 Å². The SMILES string of the molecule is CC(C)[C@@H]1CC[C@@H](C)C[C@H]1[C@@H](O)/C=C/C(C)(C)C. The smallest absolute Gasteiger partial charge is 0.0752 e. The van der Waals surface area contributed by atoms with E-state index in [4.69, 9.17) is 0 Å². The van der Waals surface area contributed by atoms with Crippen LogP contribution in [0, 0.1) is 29.1 Å². The van der Waals surface area contributed by atoms with E-state index >= 15 is 0 Å². The lowest BCUT2D eigenvalue weighted by Gasteiger charge is -2.39. The second kappa shape index (κ2) is 6.23. The van der Waals surface area contributed by atoms with Crippen molar-refractivity contribution < 1.29 is 5.11 Å². The molecule has 1 saturated carbocycles. The molecule has 1 aliphatic carbocycles. The fourth-order valence-corrected chi connectivity index (χ4v) is 3.20. The van der Waals surface area contributed by atoms with Crippen LogP contribution in [0.5, 0.6) is 0 Å². The summed E-state index contributed by atoms with van der Waals surface area (Å²) in [6, 6.07) is 0.